The third-order valence-electron chi connectivity index (χ3n) is 3.44. The van der Waals surface area contributed by atoms with Crippen LogP contribution in [0.5, 0.6) is 0 Å². The van der Waals surface area contributed by atoms with Crippen molar-refractivity contribution in [2.45, 2.75) is 39.7 Å². The number of ether oxygens (including phenoxy) is 1. The Labute approximate surface area is 148 Å². The number of nitrogens with zero attached hydrogens (tertiary/aromatic N) is 1. The summed E-state index contributed by atoms with van der Waals surface area (Å²) in [6, 6.07) is 3.47. The summed E-state index contributed by atoms with van der Waals surface area (Å²) in [7, 11) is 0. The maximum absolute atomic E-state index is 12.6. The summed E-state index contributed by atoms with van der Waals surface area (Å²) in [5, 5.41) is 0. The fraction of sp³-hybridized carbons (Fsp3) is 0.562. The quantitative estimate of drug-likeness (QED) is 0.552. The summed E-state index contributed by atoms with van der Waals surface area (Å²) in [5.41, 5.74) is -0.684. The van der Waals surface area contributed by atoms with Gasteiger partial charge in [0.15, 0.2) is 5.78 Å². The van der Waals surface area contributed by atoms with E-state index in [1.54, 1.807) is 32.9 Å². The van der Waals surface area contributed by atoms with Gasteiger partial charge in [-0.25, -0.2) is 9.69 Å². The highest BCUT2D eigenvalue weighted by Gasteiger charge is 2.42. The van der Waals surface area contributed by atoms with E-state index >= 15 is 0 Å². The molecule has 2 atom stereocenters. The van der Waals surface area contributed by atoms with E-state index in [9.17, 15) is 14.4 Å². The standard InChI is InChI=1S/C16H20BrNO4S/c1-9-7-10(13(19)11-5-6-12(17)23-11)14(20)18(8-9)15(21)22-16(2,3)4/h5-6,9-10H,7-8H2,1-4H3. The molecule has 1 fully saturated rings. The highest BCUT2D eigenvalue weighted by atomic mass is 79.9. The molecule has 0 aromatic carbocycles. The zero-order chi connectivity index (χ0) is 17.4. The number of likely N-dealkylation sites (tertiary alicyclic amines) is 1. The van der Waals surface area contributed by atoms with Crippen LogP contribution in [0.1, 0.15) is 43.8 Å². The lowest BCUT2D eigenvalue weighted by atomic mass is 9.86. The SMILES string of the molecule is CC1CC(C(=O)c2ccc(Br)s2)C(=O)N(C(=O)OC(C)(C)C)C1. The Morgan fingerprint density at radius 1 is 1.35 bits per heavy atom. The van der Waals surface area contributed by atoms with Crippen molar-refractivity contribution in [3.63, 3.8) is 0 Å². The summed E-state index contributed by atoms with van der Waals surface area (Å²) in [6.45, 7) is 7.44. The van der Waals surface area contributed by atoms with Crippen molar-refractivity contribution in [3.8, 4) is 0 Å². The monoisotopic (exact) mass is 401 g/mol. The Balaban J connectivity index is 2.20. The van der Waals surface area contributed by atoms with Gasteiger partial charge in [-0.1, -0.05) is 6.92 Å². The maximum Gasteiger partial charge on any atom is 0.417 e. The van der Waals surface area contributed by atoms with Gasteiger partial charge >= 0.3 is 6.09 Å². The first-order chi connectivity index (χ1) is 10.6. The van der Waals surface area contributed by atoms with Crippen LogP contribution in [0.4, 0.5) is 4.79 Å². The maximum atomic E-state index is 12.6. The number of rotatable bonds is 2. The molecule has 0 bridgehead atoms. The van der Waals surface area contributed by atoms with Crippen LogP contribution in [0.2, 0.25) is 0 Å². The summed E-state index contributed by atoms with van der Waals surface area (Å²) in [5.74, 6) is -1.47. The van der Waals surface area contributed by atoms with Crippen LogP contribution in [0.25, 0.3) is 0 Å². The molecule has 0 spiro atoms. The second kappa shape index (κ2) is 6.73. The van der Waals surface area contributed by atoms with Crippen LogP contribution in [0, 0.1) is 11.8 Å². The Kier molecular flexibility index (Phi) is 5.30. The van der Waals surface area contributed by atoms with Crippen LogP contribution < -0.4 is 0 Å². The average molecular weight is 402 g/mol. The van der Waals surface area contributed by atoms with Crippen LogP contribution in [-0.4, -0.2) is 34.8 Å². The molecule has 1 aliphatic heterocycles. The normalized spacial score (nSPS) is 22.1. The summed E-state index contributed by atoms with van der Waals surface area (Å²) in [6.07, 6.45) is -0.230. The van der Waals surface area contributed by atoms with Crippen LogP contribution >= 0.6 is 27.3 Å². The van der Waals surface area contributed by atoms with E-state index in [0.29, 0.717) is 11.3 Å². The number of Topliss-reactive ketones (excluding diaryl/α,β-unsaturated/α-hetero) is 1. The molecule has 0 saturated carbocycles. The molecular weight excluding hydrogens is 382 g/mol. The predicted molar refractivity (Wildman–Crippen MR) is 91.6 cm³/mol. The van der Waals surface area contributed by atoms with E-state index in [1.807, 2.05) is 6.92 Å². The molecule has 2 heterocycles. The van der Waals surface area contributed by atoms with Gasteiger partial charge in [0.25, 0.3) is 0 Å². The summed E-state index contributed by atoms with van der Waals surface area (Å²) >= 11 is 4.61. The zero-order valence-electron chi connectivity index (χ0n) is 13.6. The number of thiophene rings is 1. The molecule has 2 unspecified atom stereocenters. The van der Waals surface area contributed by atoms with Crippen molar-refractivity contribution >= 4 is 45.1 Å². The molecule has 7 heteroatoms. The van der Waals surface area contributed by atoms with Gasteiger partial charge < -0.3 is 4.74 Å². The van der Waals surface area contributed by atoms with Gasteiger partial charge in [0.2, 0.25) is 5.91 Å². The Morgan fingerprint density at radius 2 is 2.00 bits per heavy atom. The van der Waals surface area contributed by atoms with E-state index in [2.05, 4.69) is 15.9 Å². The first-order valence-electron chi connectivity index (χ1n) is 7.42. The van der Waals surface area contributed by atoms with E-state index < -0.39 is 23.5 Å². The average Bonchev–Trinajstić information content (AvgIpc) is 2.84. The highest BCUT2D eigenvalue weighted by molar-refractivity contribution is 9.11. The Morgan fingerprint density at radius 3 is 2.52 bits per heavy atom. The first-order valence-corrected chi connectivity index (χ1v) is 9.03. The van der Waals surface area contributed by atoms with E-state index in [-0.39, 0.29) is 18.2 Å². The molecule has 2 rings (SSSR count). The minimum Gasteiger partial charge on any atom is -0.443 e. The predicted octanol–water partition coefficient (Wildman–Crippen LogP) is 4.11. The van der Waals surface area contributed by atoms with Gasteiger partial charge in [-0.05, 0) is 61.2 Å². The molecule has 126 valence electrons. The van der Waals surface area contributed by atoms with Gasteiger partial charge in [0.1, 0.15) is 11.5 Å². The summed E-state index contributed by atoms with van der Waals surface area (Å²) < 4.78 is 6.12. The number of carbonyl (C=O) groups excluding carboxylic acids is 3. The molecular formula is C16H20BrNO4S. The lowest BCUT2D eigenvalue weighted by molar-refractivity contribution is -0.136. The van der Waals surface area contributed by atoms with Crippen molar-refractivity contribution in [3.05, 3.63) is 20.8 Å². The van der Waals surface area contributed by atoms with Gasteiger partial charge in [-0.2, -0.15) is 0 Å². The van der Waals surface area contributed by atoms with Crippen molar-refractivity contribution in [1.29, 1.82) is 0 Å². The number of hydrogen-bond acceptors (Lipinski definition) is 5. The van der Waals surface area contributed by atoms with Gasteiger partial charge in [-0.3, -0.25) is 9.59 Å². The van der Waals surface area contributed by atoms with Crippen molar-refractivity contribution in [2.75, 3.05) is 6.54 Å². The number of ketones is 1. The molecule has 0 aliphatic carbocycles. The lowest BCUT2D eigenvalue weighted by Crippen LogP contribution is -2.51. The molecule has 0 radical (unpaired) electrons. The van der Waals surface area contributed by atoms with E-state index in [4.69, 9.17) is 4.74 Å². The zero-order valence-corrected chi connectivity index (χ0v) is 16.0. The van der Waals surface area contributed by atoms with Crippen molar-refractivity contribution < 1.29 is 19.1 Å². The lowest BCUT2D eigenvalue weighted by Gasteiger charge is -2.34. The van der Waals surface area contributed by atoms with E-state index in [0.717, 1.165) is 8.69 Å². The minimum absolute atomic E-state index is 0.0533. The molecule has 0 N–H and O–H groups in total. The molecule has 2 amide bonds. The molecule has 1 aromatic rings. The summed E-state index contributed by atoms with van der Waals surface area (Å²) in [4.78, 5) is 39.1. The first kappa shape index (κ1) is 18.1. The number of hydrogen-bond donors (Lipinski definition) is 0. The molecule has 23 heavy (non-hydrogen) atoms. The minimum atomic E-state index is -0.822. The molecule has 1 aliphatic rings. The van der Waals surface area contributed by atoms with Gasteiger partial charge in [-0.15, -0.1) is 11.3 Å². The fourth-order valence-corrected chi connectivity index (χ4v) is 3.87. The number of halogens is 1. The van der Waals surface area contributed by atoms with Crippen LogP contribution in [0.3, 0.4) is 0 Å². The topological polar surface area (TPSA) is 63.7 Å². The van der Waals surface area contributed by atoms with Crippen LogP contribution in [-0.2, 0) is 9.53 Å². The second-order valence-electron chi connectivity index (χ2n) is 6.79. The fourth-order valence-electron chi connectivity index (χ4n) is 2.49. The largest absolute Gasteiger partial charge is 0.443 e. The van der Waals surface area contributed by atoms with E-state index in [1.165, 1.54) is 11.3 Å². The third-order valence-corrected chi connectivity index (χ3v) is 5.08. The van der Waals surface area contributed by atoms with Gasteiger partial charge in [0, 0.05) is 6.54 Å². The van der Waals surface area contributed by atoms with Crippen molar-refractivity contribution in [2.24, 2.45) is 11.8 Å². The molecule has 1 aromatic heterocycles. The Bertz CT molecular complexity index is 634. The second-order valence-corrected chi connectivity index (χ2v) is 9.25. The van der Waals surface area contributed by atoms with Gasteiger partial charge in [0.05, 0.1) is 8.66 Å². The number of carbonyl (C=O) groups is 3. The molecule has 1 saturated heterocycles. The van der Waals surface area contributed by atoms with Crippen molar-refractivity contribution in [1.82, 2.24) is 4.90 Å². The third kappa shape index (κ3) is 4.41. The number of piperidine rings is 1. The molecule has 5 nitrogen and oxygen atoms in total. The smallest absolute Gasteiger partial charge is 0.417 e. The number of amides is 2. The Hall–Kier alpha value is -1.21. The highest BCUT2D eigenvalue weighted by Crippen LogP contribution is 2.31. The van der Waals surface area contributed by atoms with Crippen LogP contribution in [0.15, 0.2) is 15.9 Å². The number of imide groups is 1.